The van der Waals surface area contributed by atoms with Crippen molar-refractivity contribution in [3.63, 3.8) is 0 Å². The minimum Gasteiger partial charge on any atom is -0.346 e. The summed E-state index contributed by atoms with van der Waals surface area (Å²) in [6.45, 7) is 5.88. The average molecular weight is 230 g/mol. The Bertz CT molecular complexity index is 346. The number of amides is 1. The lowest BCUT2D eigenvalue weighted by Crippen LogP contribution is -2.23. The van der Waals surface area contributed by atoms with Crippen molar-refractivity contribution in [3.8, 4) is 0 Å². The highest BCUT2D eigenvalue weighted by atomic mass is 35.5. The minimum atomic E-state index is -0.0866. The van der Waals surface area contributed by atoms with Crippen molar-refractivity contribution in [2.75, 3.05) is 6.54 Å². The van der Waals surface area contributed by atoms with Crippen LogP contribution in [-0.2, 0) is 6.42 Å². The maximum atomic E-state index is 11.5. The Labute approximate surface area is 92.6 Å². The van der Waals surface area contributed by atoms with Gasteiger partial charge in [-0.15, -0.1) is 11.3 Å². The molecule has 0 bridgehead atoms. The van der Waals surface area contributed by atoms with Gasteiger partial charge in [0.1, 0.15) is 0 Å². The summed E-state index contributed by atoms with van der Waals surface area (Å²) >= 11 is 7.04. The van der Waals surface area contributed by atoms with Crippen LogP contribution in [-0.4, -0.2) is 12.5 Å². The predicted octanol–water partition coefficient (Wildman–Crippen LogP) is 2.79. The number of hydrogen-bond acceptors (Lipinski definition) is 2. The Morgan fingerprint density at radius 2 is 2.36 bits per heavy atom. The maximum Gasteiger partial charge on any atom is 0.261 e. The summed E-state index contributed by atoms with van der Waals surface area (Å²) in [6, 6.07) is 3.80. The molecule has 0 aromatic carbocycles. The molecule has 76 valence electrons. The van der Waals surface area contributed by atoms with Crippen molar-refractivity contribution in [2.24, 2.45) is 0 Å². The summed E-state index contributed by atoms with van der Waals surface area (Å²) in [6.07, 6.45) is 0.958. The molecule has 0 saturated carbocycles. The van der Waals surface area contributed by atoms with E-state index in [-0.39, 0.29) is 5.91 Å². The molecule has 1 heterocycles. The van der Waals surface area contributed by atoms with Crippen LogP contribution in [0.4, 0.5) is 0 Å². The molecule has 0 saturated heterocycles. The van der Waals surface area contributed by atoms with E-state index in [0.717, 1.165) is 11.3 Å². The van der Waals surface area contributed by atoms with Gasteiger partial charge in [-0.25, -0.2) is 0 Å². The smallest absolute Gasteiger partial charge is 0.261 e. The first-order chi connectivity index (χ1) is 6.63. The summed E-state index contributed by atoms with van der Waals surface area (Å²) in [4.78, 5) is 13.4. The normalized spacial score (nSPS) is 9.86. The van der Waals surface area contributed by atoms with Crippen molar-refractivity contribution < 1.29 is 4.79 Å². The van der Waals surface area contributed by atoms with E-state index in [1.807, 2.05) is 12.1 Å². The Kier molecular flexibility index (Phi) is 4.17. The fourth-order valence-electron chi connectivity index (χ4n) is 0.953. The van der Waals surface area contributed by atoms with Crippen molar-refractivity contribution in [2.45, 2.75) is 13.3 Å². The Morgan fingerprint density at radius 3 is 2.86 bits per heavy atom. The topological polar surface area (TPSA) is 29.1 Å². The zero-order valence-corrected chi connectivity index (χ0v) is 9.54. The molecule has 0 spiro atoms. The van der Waals surface area contributed by atoms with E-state index in [0.29, 0.717) is 11.6 Å². The maximum absolute atomic E-state index is 11.5. The van der Waals surface area contributed by atoms with Crippen LogP contribution in [0.3, 0.4) is 0 Å². The standard InChI is InChI=1S/C10H12ClNOS/c1-3-8-4-5-9(14-8)10(13)12-6-7(2)11/h4-5H,2-3,6H2,1H3,(H,12,13). The second kappa shape index (κ2) is 5.17. The lowest BCUT2D eigenvalue weighted by molar-refractivity contribution is 0.0961. The largest absolute Gasteiger partial charge is 0.346 e. The zero-order valence-electron chi connectivity index (χ0n) is 7.97. The van der Waals surface area contributed by atoms with Crippen molar-refractivity contribution in [3.05, 3.63) is 33.5 Å². The third-order valence-corrected chi connectivity index (χ3v) is 3.04. The molecule has 1 N–H and O–H groups in total. The van der Waals surface area contributed by atoms with Gasteiger partial charge in [-0.1, -0.05) is 25.1 Å². The first-order valence-electron chi connectivity index (χ1n) is 4.33. The summed E-state index contributed by atoms with van der Waals surface area (Å²) in [5.74, 6) is -0.0866. The van der Waals surface area contributed by atoms with Crippen molar-refractivity contribution in [1.29, 1.82) is 0 Å². The first kappa shape index (κ1) is 11.3. The summed E-state index contributed by atoms with van der Waals surface area (Å²) in [7, 11) is 0. The van der Waals surface area contributed by atoms with Crippen molar-refractivity contribution >= 4 is 28.8 Å². The van der Waals surface area contributed by atoms with Gasteiger partial charge in [-0.3, -0.25) is 4.79 Å². The molecule has 0 unspecified atom stereocenters. The SMILES string of the molecule is C=C(Cl)CNC(=O)c1ccc(CC)s1. The number of thiophene rings is 1. The number of hydrogen-bond donors (Lipinski definition) is 1. The van der Waals surface area contributed by atoms with E-state index in [1.54, 1.807) is 0 Å². The Balaban J connectivity index is 2.56. The second-order valence-electron chi connectivity index (χ2n) is 2.82. The van der Waals surface area contributed by atoms with Gasteiger partial charge >= 0.3 is 0 Å². The van der Waals surface area contributed by atoms with E-state index in [1.165, 1.54) is 16.2 Å². The monoisotopic (exact) mass is 229 g/mol. The van der Waals surface area contributed by atoms with Gasteiger partial charge < -0.3 is 5.32 Å². The van der Waals surface area contributed by atoms with Crippen LogP contribution in [0, 0.1) is 0 Å². The molecule has 1 rings (SSSR count). The molecule has 1 aromatic rings. The molecular weight excluding hydrogens is 218 g/mol. The fraction of sp³-hybridized carbons (Fsp3) is 0.300. The van der Waals surface area contributed by atoms with Gasteiger partial charge in [0.25, 0.3) is 5.91 Å². The fourth-order valence-corrected chi connectivity index (χ4v) is 1.88. The van der Waals surface area contributed by atoms with Gasteiger partial charge in [-0.05, 0) is 18.6 Å². The van der Waals surface area contributed by atoms with E-state index in [9.17, 15) is 4.79 Å². The molecule has 0 aliphatic rings. The molecule has 0 radical (unpaired) electrons. The molecule has 2 nitrogen and oxygen atoms in total. The highest BCUT2D eigenvalue weighted by molar-refractivity contribution is 7.14. The van der Waals surface area contributed by atoms with E-state index < -0.39 is 0 Å². The van der Waals surface area contributed by atoms with Crippen LogP contribution < -0.4 is 5.32 Å². The molecule has 0 aliphatic carbocycles. The van der Waals surface area contributed by atoms with Crippen LogP contribution in [0.5, 0.6) is 0 Å². The summed E-state index contributed by atoms with van der Waals surface area (Å²) in [5.41, 5.74) is 0. The third kappa shape index (κ3) is 3.16. The first-order valence-corrected chi connectivity index (χ1v) is 5.53. The number of aryl methyl sites for hydroxylation is 1. The van der Waals surface area contributed by atoms with Gasteiger partial charge in [0.05, 0.1) is 11.4 Å². The van der Waals surface area contributed by atoms with Crippen LogP contribution in [0.1, 0.15) is 21.5 Å². The van der Waals surface area contributed by atoms with Gasteiger partial charge in [-0.2, -0.15) is 0 Å². The van der Waals surface area contributed by atoms with Gasteiger partial charge in [0.15, 0.2) is 0 Å². The quantitative estimate of drug-likeness (QED) is 0.845. The lowest BCUT2D eigenvalue weighted by atomic mass is 10.3. The number of carbonyl (C=O) groups excluding carboxylic acids is 1. The number of carbonyl (C=O) groups is 1. The summed E-state index contributed by atoms with van der Waals surface area (Å²) in [5, 5.41) is 3.11. The molecule has 1 amide bonds. The zero-order chi connectivity index (χ0) is 10.6. The van der Waals surface area contributed by atoms with E-state index in [4.69, 9.17) is 11.6 Å². The Morgan fingerprint density at radius 1 is 1.64 bits per heavy atom. The van der Waals surface area contributed by atoms with Crippen LogP contribution in [0.15, 0.2) is 23.7 Å². The molecule has 0 aliphatic heterocycles. The predicted molar refractivity (Wildman–Crippen MR) is 61.0 cm³/mol. The second-order valence-corrected chi connectivity index (χ2v) is 4.52. The Hall–Kier alpha value is -0.800. The van der Waals surface area contributed by atoms with E-state index in [2.05, 4.69) is 18.8 Å². The molecule has 4 heteroatoms. The summed E-state index contributed by atoms with van der Waals surface area (Å²) < 4.78 is 0. The van der Waals surface area contributed by atoms with Crippen LogP contribution >= 0.6 is 22.9 Å². The van der Waals surface area contributed by atoms with Gasteiger partial charge in [0, 0.05) is 9.91 Å². The minimum absolute atomic E-state index is 0.0866. The van der Waals surface area contributed by atoms with Crippen molar-refractivity contribution in [1.82, 2.24) is 5.32 Å². The average Bonchev–Trinajstić information content (AvgIpc) is 2.62. The van der Waals surface area contributed by atoms with Gasteiger partial charge in [0.2, 0.25) is 0 Å². The van der Waals surface area contributed by atoms with E-state index >= 15 is 0 Å². The number of rotatable bonds is 4. The lowest BCUT2D eigenvalue weighted by Gasteiger charge is -2.00. The number of halogens is 1. The molecule has 0 atom stereocenters. The highest BCUT2D eigenvalue weighted by Crippen LogP contribution is 2.16. The molecule has 0 fully saturated rings. The molecule has 14 heavy (non-hydrogen) atoms. The number of nitrogens with one attached hydrogen (secondary N) is 1. The molecular formula is C10H12ClNOS. The van der Waals surface area contributed by atoms with Crippen LogP contribution in [0.25, 0.3) is 0 Å². The van der Waals surface area contributed by atoms with Crippen LogP contribution in [0.2, 0.25) is 0 Å². The third-order valence-electron chi connectivity index (χ3n) is 1.67. The highest BCUT2D eigenvalue weighted by Gasteiger charge is 2.07. The molecule has 1 aromatic heterocycles.